The zero-order valence-corrected chi connectivity index (χ0v) is 11.7. The summed E-state index contributed by atoms with van der Waals surface area (Å²) in [4.78, 5) is 23.1. The van der Waals surface area contributed by atoms with Gasteiger partial charge in [0.1, 0.15) is 6.07 Å². The summed E-state index contributed by atoms with van der Waals surface area (Å²) in [7, 11) is 0. The van der Waals surface area contributed by atoms with Gasteiger partial charge in [0.2, 0.25) is 0 Å². The van der Waals surface area contributed by atoms with Crippen molar-refractivity contribution in [2.45, 2.75) is 18.7 Å². The number of benzene rings is 1. The highest BCUT2D eigenvalue weighted by molar-refractivity contribution is 9.10. The Hall–Kier alpha value is -1.67. The molecule has 0 aliphatic carbocycles. The van der Waals surface area contributed by atoms with Gasteiger partial charge in [-0.25, -0.2) is 4.79 Å². The van der Waals surface area contributed by atoms with Crippen LogP contribution in [-0.4, -0.2) is 23.2 Å². The Labute approximate surface area is 114 Å². The molecule has 0 aromatic heterocycles. The lowest BCUT2D eigenvalue weighted by Gasteiger charge is -2.07. The van der Waals surface area contributed by atoms with Crippen molar-refractivity contribution in [2.24, 2.45) is 0 Å². The van der Waals surface area contributed by atoms with Crippen molar-refractivity contribution in [2.75, 3.05) is 6.61 Å². The van der Waals surface area contributed by atoms with Crippen LogP contribution < -0.4 is 0 Å². The van der Waals surface area contributed by atoms with Gasteiger partial charge < -0.3 is 4.74 Å². The van der Waals surface area contributed by atoms with E-state index in [1.54, 1.807) is 13.8 Å². The van der Waals surface area contributed by atoms with Crippen molar-refractivity contribution < 1.29 is 14.3 Å². The minimum Gasteiger partial charge on any atom is -0.462 e. The lowest BCUT2D eigenvalue weighted by molar-refractivity contribution is 0.0526. The van der Waals surface area contributed by atoms with E-state index in [9.17, 15) is 9.59 Å². The molecule has 0 saturated carbocycles. The van der Waals surface area contributed by atoms with Crippen molar-refractivity contribution in [3.63, 3.8) is 0 Å². The van der Waals surface area contributed by atoms with Crippen LogP contribution in [0.4, 0.5) is 0 Å². The number of hydrogen-bond acceptors (Lipinski definition) is 4. The molecule has 18 heavy (non-hydrogen) atoms. The number of ether oxygens (including phenoxy) is 1. The van der Waals surface area contributed by atoms with Crippen LogP contribution in [0.25, 0.3) is 0 Å². The molecule has 0 aliphatic heterocycles. The van der Waals surface area contributed by atoms with E-state index in [-0.39, 0.29) is 28.3 Å². The average molecular weight is 310 g/mol. The topological polar surface area (TPSA) is 67.2 Å². The average Bonchev–Trinajstić information content (AvgIpc) is 2.37. The van der Waals surface area contributed by atoms with E-state index in [0.717, 1.165) is 0 Å². The highest BCUT2D eigenvalue weighted by Gasteiger charge is 2.18. The van der Waals surface area contributed by atoms with Gasteiger partial charge in [0.15, 0.2) is 5.78 Å². The molecule has 0 N–H and O–H groups in total. The second-order valence-electron chi connectivity index (χ2n) is 3.57. The van der Waals surface area contributed by atoms with Gasteiger partial charge in [0, 0.05) is 5.56 Å². The van der Waals surface area contributed by atoms with Crippen LogP contribution in [0.2, 0.25) is 0 Å². The Morgan fingerprint density at radius 3 is 2.67 bits per heavy atom. The van der Waals surface area contributed by atoms with E-state index < -0.39 is 5.97 Å². The fourth-order valence-electron chi connectivity index (χ4n) is 1.40. The number of ketones is 1. The Morgan fingerprint density at radius 2 is 2.17 bits per heavy atom. The summed E-state index contributed by atoms with van der Waals surface area (Å²) in [6.07, 6.45) is 0. The summed E-state index contributed by atoms with van der Waals surface area (Å²) in [6.45, 7) is 3.60. The zero-order chi connectivity index (χ0) is 13.7. The third-order valence-corrected chi connectivity index (χ3v) is 2.70. The maximum Gasteiger partial charge on any atom is 0.339 e. The normalized spacial score (nSPS) is 11.4. The number of nitriles is 1. The quantitative estimate of drug-likeness (QED) is 0.487. The first-order chi connectivity index (χ1) is 8.51. The Morgan fingerprint density at radius 1 is 1.50 bits per heavy atom. The van der Waals surface area contributed by atoms with E-state index >= 15 is 0 Å². The number of Topliss-reactive ketones (excluding diaryl/α,β-unsaturated/α-hetero) is 1. The lowest BCUT2D eigenvalue weighted by atomic mass is 10.0. The molecule has 1 atom stereocenters. The van der Waals surface area contributed by atoms with Gasteiger partial charge in [-0.05, 0) is 26.0 Å². The molecule has 4 nitrogen and oxygen atoms in total. The number of rotatable bonds is 4. The molecule has 0 spiro atoms. The smallest absolute Gasteiger partial charge is 0.339 e. The van der Waals surface area contributed by atoms with E-state index in [1.165, 1.54) is 18.2 Å². The first-order valence-electron chi connectivity index (χ1n) is 5.40. The Bertz CT molecular complexity index is 517. The summed E-state index contributed by atoms with van der Waals surface area (Å²) in [6, 6.07) is 6.29. The number of halogens is 1. The fourth-order valence-corrected chi connectivity index (χ4v) is 1.67. The molecule has 94 valence electrons. The van der Waals surface area contributed by atoms with Gasteiger partial charge in [0.25, 0.3) is 0 Å². The number of esters is 1. The predicted octanol–water partition coefficient (Wildman–Crippen LogP) is 2.70. The molecule has 1 unspecified atom stereocenters. The van der Waals surface area contributed by atoms with E-state index in [4.69, 9.17) is 10.00 Å². The summed E-state index contributed by atoms with van der Waals surface area (Å²) in [5, 5.41) is 8.92. The third-order valence-electron chi connectivity index (χ3n) is 2.28. The number of carbonyl (C=O) groups is 2. The van der Waals surface area contributed by atoms with Crippen LogP contribution in [0.15, 0.2) is 18.2 Å². The number of carbonyl (C=O) groups excluding carboxylic acids is 2. The molecule has 1 aromatic carbocycles. The zero-order valence-electron chi connectivity index (χ0n) is 10.1. The molecule has 0 fully saturated rings. The maximum absolute atomic E-state index is 11.8. The van der Waals surface area contributed by atoms with Gasteiger partial charge in [-0.1, -0.05) is 22.0 Å². The number of hydrogen-bond donors (Lipinski definition) is 0. The van der Waals surface area contributed by atoms with Gasteiger partial charge in [-0.3, -0.25) is 4.79 Å². The first kappa shape index (κ1) is 14.4. The van der Waals surface area contributed by atoms with E-state index in [0.29, 0.717) is 5.56 Å². The van der Waals surface area contributed by atoms with Crippen molar-refractivity contribution in [3.8, 4) is 6.07 Å². The molecule has 0 amide bonds. The molecule has 1 rings (SSSR count). The van der Waals surface area contributed by atoms with Gasteiger partial charge >= 0.3 is 5.97 Å². The molecule has 0 bridgehead atoms. The molecule has 0 radical (unpaired) electrons. The van der Waals surface area contributed by atoms with Crippen LogP contribution in [0.5, 0.6) is 0 Å². The minimum atomic E-state index is -0.592. The fraction of sp³-hybridized carbons (Fsp3) is 0.308. The summed E-state index contributed by atoms with van der Waals surface area (Å²) >= 11 is 3.17. The SMILES string of the molecule is CCOC(=O)c1cc(C(=O)C(C)Br)ccc1C#N. The van der Waals surface area contributed by atoms with Crippen LogP contribution in [0.1, 0.15) is 40.1 Å². The van der Waals surface area contributed by atoms with E-state index in [2.05, 4.69) is 15.9 Å². The molecule has 0 aliphatic rings. The standard InChI is InChI=1S/C13H12BrNO3/c1-3-18-13(17)11-6-9(12(16)8(2)14)4-5-10(11)7-15/h4-6,8H,3H2,1-2H3. The molecule has 5 heteroatoms. The Balaban J connectivity index is 3.22. The lowest BCUT2D eigenvalue weighted by Crippen LogP contribution is -2.13. The summed E-state index contributed by atoms with van der Waals surface area (Å²) < 4.78 is 4.85. The Kier molecular flexibility index (Phi) is 5.05. The van der Waals surface area contributed by atoms with Crippen molar-refractivity contribution in [3.05, 3.63) is 34.9 Å². The highest BCUT2D eigenvalue weighted by Crippen LogP contribution is 2.16. The van der Waals surface area contributed by atoms with Crippen molar-refractivity contribution in [1.82, 2.24) is 0 Å². The monoisotopic (exact) mass is 309 g/mol. The van der Waals surface area contributed by atoms with Gasteiger partial charge in [-0.2, -0.15) is 5.26 Å². The van der Waals surface area contributed by atoms with Crippen LogP contribution >= 0.6 is 15.9 Å². The van der Waals surface area contributed by atoms with Crippen LogP contribution in [0.3, 0.4) is 0 Å². The van der Waals surface area contributed by atoms with Gasteiger partial charge in [0.05, 0.1) is 22.6 Å². The van der Waals surface area contributed by atoms with Crippen LogP contribution in [0, 0.1) is 11.3 Å². The maximum atomic E-state index is 11.8. The third kappa shape index (κ3) is 3.17. The first-order valence-corrected chi connectivity index (χ1v) is 6.32. The minimum absolute atomic E-state index is 0.123. The molecule has 0 heterocycles. The number of nitrogens with zero attached hydrogens (tertiary/aromatic N) is 1. The molecular formula is C13H12BrNO3. The summed E-state index contributed by atoms with van der Waals surface area (Å²) in [5.41, 5.74) is 0.701. The largest absolute Gasteiger partial charge is 0.462 e. The molecule has 1 aromatic rings. The van der Waals surface area contributed by atoms with Gasteiger partial charge in [-0.15, -0.1) is 0 Å². The number of alkyl halides is 1. The second kappa shape index (κ2) is 6.31. The molecular weight excluding hydrogens is 298 g/mol. The summed E-state index contributed by atoms with van der Waals surface area (Å²) in [5.74, 6) is -0.740. The van der Waals surface area contributed by atoms with Crippen molar-refractivity contribution in [1.29, 1.82) is 5.26 Å². The second-order valence-corrected chi connectivity index (χ2v) is 4.95. The van der Waals surface area contributed by atoms with Crippen molar-refractivity contribution >= 4 is 27.7 Å². The highest BCUT2D eigenvalue weighted by atomic mass is 79.9. The van der Waals surface area contributed by atoms with E-state index in [1.807, 2.05) is 6.07 Å². The predicted molar refractivity (Wildman–Crippen MR) is 69.8 cm³/mol. The van der Waals surface area contributed by atoms with Crippen LogP contribution in [-0.2, 0) is 4.74 Å². The molecule has 0 saturated heterocycles.